The lowest BCUT2D eigenvalue weighted by Crippen LogP contribution is -2.54. The molecule has 12 heteroatoms. The summed E-state index contributed by atoms with van der Waals surface area (Å²) in [6, 6.07) is 21.3. The number of benzene rings is 3. The predicted molar refractivity (Wildman–Crippen MR) is 207 cm³/mol. The van der Waals surface area contributed by atoms with Gasteiger partial charge in [-0.2, -0.15) is 16.1 Å². The number of fused-ring (bicyclic) bond motifs is 1. The molecule has 286 valence electrons. The van der Waals surface area contributed by atoms with Gasteiger partial charge in [0.2, 0.25) is 10.0 Å². The summed E-state index contributed by atoms with van der Waals surface area (Å²) in [5, 5.41) is 10.2. The minimum absolute atomic E-state index is 0.0657. The largest absolute Gasteiger partial charge is 0.490 e. The maximum absolute atomic E-state index is 14.1. The molecule has 10 nitrogen and oxygen atoms in total. The Balaban J connectivity index is 1.42. The van der Waals surface area contributed by atoms with Gasteiger partial charge in [-0.1, -0.05) is 55.0 Å². The minimum Gasteiger partial charge on any atom is -0.490 e. The molecule has 1 N–H and O–H groups in total. The molecular weight excluding hydrogens is 701 g/mol. The first-order chi connectivity index (χ1) is 25.1. The van der Waals surface area contributed by atoms with Crippen LogP contribution in [0.2, 0.25) is 0 Å². The number of nitrogens with zero attached hydrogens (tertiary/aromatic N) is 2. The Hall–Kier alpha value is -2.68. The van der Waals surface area contributed by atoms with E-state index in [4.69, 9.17) is 23.7 Å². The van der Waals surface area contributed by atoms with E-state index in [1.807, 2.05) is 43.0 Å². The topological polar surface area (TPSA) is 107 Å². The van der Waals surface area contributed by atoms with E-state index in [0.29, 0.717) is 32.3 Å². The fraction of sp³-hybridized carbons (Fsp3) is 0.550. The Bertz CT molecular complexity index is 1640. The molecule has 0 unspecified atom stereocenters. The molecule has 0 saturated carbocycles. The zero-order chi connectivity index (χ0) is 37.1. The molecule has 0 spiro atoms. The third-order valence-electron chi connectivity index (χ3n) is 9.49. The molecule has 0 bridgehead atoms. The number of hydrogen-bond acceptors (Lipinski definition) is 10. The highest BCUT2D eigenvalue weighted by atomic mass is 32.2. The van der Waals surface area contributed by atoms with Gasteiger partial charge in [-0.3, -0.25) is 0 Å². The third-order valence-corrected chi connectivity index (χ3v) is 12.2. The van der Waals surface area contributed by atoms with Crippen molar-refractivity contribution < 1.29 is 37.2 Å². The second kappa shape index (κ2) is 19.6. The van der Waals surface area contributed by atoms with Crippen molar-refractivity contribution in [2.45, 2.75) is 69.5 Å². The van der Waals surface area contributed by atoms with Crippen LogP contribution >= 0.6 is 11.8 Å². The van der Waals surface area contributed by atoms with E-state index in [0.717, 1.165) is 59.0 Å². The summed E-state index contributed by atoms with van der Waals surface area (Å²) in [4.78, 5) is 2.54. The number of aliphatic hydroxyl groups is 1. The van der Waals surface area contributed by atoms with Crippen LogP contribution in [-0.2, 0) is 42.2 Å². The summed E-state index contributed by atoms with van der Waals surface area (Å²) in [6.07, 6.45) is 1.17. The van der Waals surface area contributed by atoms with Crippen molar-refractivity contribution in [2.24, 2.45) is 5.92 Å². The molecule has 3 aromatic rings. The van der Waals surface area contributed by atoms with Crippen molar-refractivity contribution in [2.75, 3.05) is 76.6 Å². The van der Waals surface area contributed by atoms with E-state index in [1.165, 1.54) is 4.31 Å². The molecule has 1 saturated heterocycles. The number of thioether (sulfide) groups is 1. The minimum atomic E-state index is -3.87. The molecule has 2 aliphatic rings. The molecule has 1 fully saturated rings. The molecule has 0 amide bonds. The zero-order valence-electron chi connectivity index (χ0n) is 31.2. The van der Waals surface area contributed by atoms with Crippen molar-refractivity contribution >= 4 is 27.5 Å². The van der Waals surface area contributed by atoms with Crippen molar-refractivity contribution in [1.82, 2.24) is 4.31 Å². The monoisotopic (exact) mass is 756 g/mol. The Kier molecular flexibility index (Phi) is 15.3. The van der Waals surface area contributed by atoms with E-state index in [2.05, 4.69) is 48.4 Å². The van der Waals surface area contributed by atoms with Crippen molar-refractivity contribution in [3.05, 3.63) is 89.0 Å². The van der Waals surface area contributed by atoms with E-state index in [1.54, 1.807) is 26.2 Å². The number of sulfonamides is 1. The standard InChI is InChI=1S/C40H56N2O8S2/c1-29-7-14-35(15-8-29)52(44,45)42-22-38(49-25-31(3)43)40(34-12-9-32(10-13-34)26-47-24-30(2)28-51-5)39(23-42)50-27-33-11-16-37-36(21-33)41(18-20-48-37)17-6-19-46-4/h7-16,21,30-31,38-40,43H,6,17-20,22-28H2,1-5H3/t30-,31-,38-,39+,40+/m1/s1. The molecule has 0 aliphatic carbocycles. The van der Waals surface area contributed by atoms with Crippen LogP contribution in [0.15, 0.2) is 71.6 Å². The first-order valence-electron chi connectivity index (χ1n) is 18.2. The van der Waals surface area contributed by atoms with Gasteiger partial charge in [0, 0.05) is 39.3 Å². The van der Waals surface area contributed by atoms with Gasteiger partial charge in [0.15, 0.2) is 0 Å². The van der Waals surface area contributed by atoms with Gasteiger partial charge in [-0.25, -0.2) is 8.42 Å². The quantitative estimate of drug-likeness (QED) is 0.149. The molecule has 0 aromatic heterocycles. The van der Waals surface area contributed by atoms with Gasteiger partial charge in [0.1, 0.15) is 12.4 Å². The van der Waals surface area contributed by atoms with Gasteiger partial charge in [0.05, 0.1) is 61.9 Å². The van der Waals surface area contributed by atoms with Crippen LogP contribution < -0.4 is 9.64 Å². The molecule has 0 radical (unpaired) electrons. The van der Waals surface area contributed by atoms with E-state index < -0.39 is 28.3 Å². The Morgan fingerprint density at radius 2 is 1.65 bits per heavy atom. The van der Waals surface area contributed by atoms with Crippen LogP contribution in [0.5, 0.6) is 5.75 Å². The van der Waals surface area contributed by atoms with E-state index in [9.17, 15) is 13.5 Å². The molecule has 5 rings (SSSR count). The molecule has 2 heterocycles. The normalized spacial score (nSPS) is 20.7. The zero-order valence-corrected chi connectivity index (χ0v) is 32.9. The molecular formula is C40H56N2O8S2. The van der Waals surface area contributed by atoms with E-state index in [-0.39, 0.29) is 37.1 Å². The lowest BCUT2D eigenvalue weighted by Gasteiger charge is -2.43. The van der Waals surface area contributed by atoms with Crippen LogP contribution in [0.3, 0.4) is 0 Å². The van der Waals surface area contributed by atoms with Gasteiger partial charge >= 0.3 is 0 Å². The van der Waals surface area contributed by atoms with Crippen molar-refractivity contribution in [3.63, 3.8) is 0 Å². The van der Waals surface area contributed by atoms with Gasteiger partial charge in [-0.15, -0.1) is 0 Å². The predicted octanol–water partition coefficient (Wildman–Crippen LogP) is 5.89. The van der Waals surface area contributed by atoms with Crippen LogP contribution in [0.25, 0.3) is 0 Å². The maximum Gasteiger partial charge on any atom is 0.243 e. The summed E-state index contributed by atoms with van der Waals surface area (Å²) in [5.41, 5.74) is 5.00. The highest BCUT2D eigenvalue weighted by Crippen LogP contribution is 2.37. The van der Waals surface area contributed by atoms with Crippen LogP contribution in [0.1, 0.15) is 48.4 Å². The van der Waals surface area contributed by atoms with E-state index >= 15 is 0 Å². The lowest BCUT2D eigenvalue weighted by atomic mass is 9.85. The molecule has 52 heavy (non-hydrogen) atoms. The second-order valence-electron chi connectivity index (χ2n) is 14.0. The van der Waals surface area contributed by atoms with Crippen LogP contribution in [0.4, 0.5) is 5.69 Å². The maximum atomic E-state index is 14.1. The summed E-state index contributed by atoms with van der Waals surface area (Å²) in [6.45, 7) is 10.5. The summed E-state index contributed by atoms with van der Waals surface area (Å²) < 4.78 is 60.1. The fourth-order valence-electron chi connectivity index (χ4n) is 6.79. The number of aliphatic hydroxyl groups excluding tert-OH is 1. The fourth-order valence-corrected chi connectivity index (χ4v) is 8.92. The molecule has 5 atom stereocenters. The first-order valence-corrected chi connectivity index (χ1v) is 21.1. The van der Waals surface area contributed by atoms with Crippen molar-refractivity contribution in [1.29, 1.82) is 0 Å². The Morgan fingerprint density at radius 3 is 2.35 bits per heavy atom. The van der Waals surface area contributed by atoms with Crippen molar-refractivity contribution in [3.8, 4) is 5.75 Å². The summed E-state index contributed by atoms with van der Waals surface area (Å²) in [7, 11) is -2.16. The second-order valence-corrected chi connectivity index (χ2v) is 16.9. The number of rotatable bonds is 19. The number of piperidine rings is 1. The smallest absolute Gasteiger partial charge is 0.243 e. The highest BCUT2D eigenvalue weighted by molar-refractivity contribution is 7.98. The number of anilines is 1. The van der Waals surface area contributed by atoms with Crippen LogP contribution in [0, 0.1) is 12.8 Å². The Morgan fingerprint density at radius 1 is 0.942 bits per heavy atom. The summed E-state index contributed by atoms with van der Waals surface area (Å²) in [5.74, 6) is 2.07. The average Bonchev–Trinajstić information content (AvgIpc) is 3.13. The van der Waals surface area contributed by atoms with Gasteiger partial charge in [0.25, 0.3) is 0 Å². The number of aryl methyl sites for hydroxylation is 1. The van der Waals surface area contributed by atoms with Gasteiger partial charge < -0.3 is 33.7 Å². The number of ether oxygens (including phenoxy) is 5. The number of methoxy groups -OCH3 is 1. The average molecular weight is 757 g/mol. The van der Waals surface area contributed by atoms with Crippen LogP contribution in [-0.4, -0.2) is 108 Å². The van der Waals surface area contributed by atoms with Gasteiger partial charge in [-0.05, 0) is 79.2 Å². The molecule has 2 aliphatic heterocycles. The first kappa shape index (κ1) is 40.5. The molecule has 3 aromatic carbocycles. The highest BCUT2D eigenvalue weighted by Gasteiger charge is 2.44. The SMILES string of the molecule is COCCCN1CCOc2ccc(CO[C@H]3CN(S(=O)(=O)c4ccc(C)cc4)C[C@@H](OC[C@@H](C)O)[C@@H]3c3ccc(COC[C@@H](C)CSC)cc3)cc21. The Labute approximate surface area is 314 Å². The number of hydrogen-bond donors (Lipinski definition) is 1. The third kappa shape index (κ3) is 10.9. The summed E-state index contributed by atoms with van der Waals surface area (Å²) >= 11 is 1.82. The lowest BCUT2D eigenvalue weighted by molar-refractivity contribution is -0.0916.